The van der Waals surface area contributed by atoms with Crippen LogP contribution < -0.4 is 5.32 Å². The Morgan fingerprint density at radius 1 is 1.12 bits per heavy atom. The molecular formula is C19H23F2NOS. The highest BCUT2D eigenvalue weighted by Gasteiger charge is 2.51. The van der Waals surface area contributed by atoms with Crippen LogP contribution in [0.5, 0.6) is 0 Å². The highest BCUT2D eigenvalue weighted by molar-refractivity contribution is 8.00. The molecule has 0 radical (unpaired) electrons. The SMILES string of the molecule is C[C@@H](Sc1ccc(F)c(F)c1)C(=O)NC12CC3CC(CC(C3)C1)C2. The van der Waals surface area contributed by atoms with E-state index in [0.717, 1.165) is 49.1 Å². The van der Waals surface area contributed by atoms with Crippen LogP contribution >= 0.6 is 11.8 Å². The fraction of sp³-hybridized carbons (Fsp3) is 0.632. The molecule has 4 aliphatic carbocycles. The zero-order valence-corrected chi connectivity index (χ0v) is 14.7. The Balaban J connectivity index is 1.41. The van der Waals surface area contributed by atoms with Gasteiger partial charge in [-0.05, 0) is 81.4 Å². The van der Waals surface area contributed by atoms with Crippen LogP contribution in [0.15, 0.2) is 23.1 Å². The number of nitrogens with one attached hydrogen (secondary N) is 1. The molecule has 0 aliphatic heterocycles. The molecule has 1 atom stereocenters. The molecule has 4 fully saturated rings. The molecule has 4 bridgehead atoms. The minimum absolute atomic E-state index is 0.00526. The molecule has 0 aromatic heterocycles. The molecule has 130 valence electrons. The predicted molar refractivity (Wildman–Crippen MR) is 90.7 cm³/mol. The Morgan fingerprint density at radius 3 is 2.25 bits per heavy atom. The largest absolute Gasteiger partial charge is 0.350 e. The summed E-state index contributed by atoms with van der Waals surface area (Å²) in [7, 11) is 0. The van der Waals surface area contributed by atoms with Crippen LogP contribution in [0.25, 0.3) is 0 Å². The molecule has 5 rings (SSSR count). The molecule has 0 heterocycles. The van der Waals surface area contributed by atoms with Crippen molar-refractivity contribution in [2.45, 2.75) is 61.1 Å². The third-order valence-corrected chi connectivity index (χ3v) is 7.09. The lowest BCUT2D eigenvalue weighted by atomic mass is 9.53. The first kappa shape index (κ1) is 16.4. The maximum Gasteiger partial charge on any atom is 0.233 e. The van der Waals surface area contributed by atoms with Gasteiger partial charge in [0.05, 0.1) is 5.25 Å². The van der Waals surface area contributed by atoms with Gasteiger partial charge < -0.3 is 5.32 Å². The minimum Gasteiger partial charge on any atom is -0.350 e. The first-order valence-electron chi connectivity index (χ1n) is 8.86. The van der Waals surface area contributed by atoms with E-state index < -0.39 is 11.6 Å². The molecule has 4 aliphatic rings. The second kappa shape index (κ2) is 6.01. The van der Waals surface area contributed by atoms with E-state index in [0.29, 0.717) is 4.90 Å². The number of thioether (sulfide) groups is 1. The number of benzene rings is 1. The Bertz CT molecular complexity index is 627. The quantitative estimate of drug-likeness (QED) is 0.808. The molecule has 1 N–H and O–H groups in total. The van der Waals surface area contributed by atoms with Crippen LogP contribution in [-0.2, 0) is 4.79 Å². The van der Waals surface area contributed by atoms with Crippen molar-refractivity contribution in [2.75, 3.05) is 0 Å². The van der Waals surface area contributed by atoms with E-state index >= 15 is 0 Å². The van der Waals surface area contributed by atoms with Gasteiger partial charge in [0, 0.05) is 10.4 Å². The van der Waals surface area contributed by atoms with Crippen molar-refractivity contribution >= 4 is 17.7 Å². The van der Waals surface area contributed by atoms with Gasteiger partial charge >= 0.3 is 0 Å². The van der Waals surface area contributed by atoms with Gasteiger partial charge in [0.1, 0.15) is 0 Å². The van der Waals surface area contributed by atoms with Gasteiger partial charge in [-0.25, -0.2) is 8.78 Å². The molecule has 1 amide bonds. The van der Waals surface area contributed by atoms with E-state index in [1.54, 1.807) is 0 Å². The Hall–Kier alpha value is -1.10. The second-order valence-corrected chi connectivity index (χ2v) is 9.44. The van der Waals surface area contributed by atoms with Gasteiger partial charge in [-0.1, -0.05) is 0 Å². The molecule has 4 saturated carbocycles. The van der Waals surface area contributed by atoms with E-state index in [4.69, 9.17) is 0 Å². The van der Waals surface area contributed by atoms with Gasteiger partial charge in [0.2, 0.25) is 5.91 Å². The number of carbonyl (C=O) groups is 1. The molecular weight excluding hydrogens is 328 g/mol. The summed E-state index contributed by atoms with van der Waals surface area (Å²) >= 11 is 1.28. The summed E-state index contributed by atoms with van der Waals surface area (Å²) in [6, 6.07) is 3.80. The van der Waals surface area contributed by atoms with Crippen molar-refractivity contribution in [3.8, 4) is 0 Å². The average molecular weight is 351 g/mol. The van der Waals surface area contributed by atoms with E-state index in [1.807, 2.05) is 6.92 Å². The molecule has 2 nitrogen and oxygen atoms in total. The Kier molecular flexibility index (Phi) is 4.10. The van der Waals surface area contributed by atoms with Crippen molar-refractivity contribution in [3.63, 3.8) is 0 Å². The van der Waals surface area contributed by atoms with Crippen LogP contribution in [0.1, 0.15) is 45.4 Å². The topological polar surface area (TPSA) is 29.1 Å². The van der Waals surface area contributed by atoms with Crippen molar-refractivity contribution < 1.29 is 13.6 Å². The lowest BCUT2D eigenvalue weighted by molar-refractivity contribution is -0.126. The molecule has 0 saturated heterocycles. The summed E-state index contributed by atoms with van der Waals surface area (Å²) in [6.07, 6.45) is 7.38. The average Bonchev–Trinajstić information content (AvgIpc) is 2.49. The van der Waals surface area contributed by atoms with Crippen LogP contribution in [0.4, 0.5) is 8.78 Å². The summed E-state index contributed by atoms with van der Waals surface area (Å²) < 4.78 is 26.3. The molecule has 0 spiro atoms. The zero-order valence-electron chi connectivity index (χ0n) is 13.9. The Morgan fingerprint density at radius 2 is 1.71 bits per heavy atom. The van der Waals surface area contributed by atoms with Crippen molar-refractivity contribution in [1.29, 1.82) is 0 Å². The molecule has 5 heteroatoms. The number of hydrogen-bond donors (Lipinski definition) is 1. The fourth-order valence-corrected chi connectivity index (χ4v) is 6.33. The number of amides is 1. The zero-order chi connectivity index (χ0) is 16.9. The van der Waals surface area contributed by atoms with Crippen LogP contribution in [0.3, 0.4) is 0 Å². The second-order valence-electron chi connectivity index (χ2n) is 8.02. The maximum absolute atomic E-state index is 13.3. The van der Waals surface area contributed by atoms with Gasteiger partial charge in [0.15, 0.2) is 11.6 Å². The number of halogens is 2. The summed E-state index contributed by atoms with van der Waals surface area (Å²) in [6.45, 7) is 1.84. The molecule has 24 heavy (non-hydrogen) atoms. The molecule has 1 aromatic carbocycles. The van der Waals surface area contributed by atoms with Crippen molar-refractivity contribution in [3.05, 3.63) is 29.8 Å². The van der Waals surface area contributed by atoms with Crippen LogP contribution in [0.2, 0.25) is 0 Å². The van der Waals surface area contributed by atoms with E-state index in [9.17, 15) is 13.6 Å². The van der Waals surface area contributed by atoms with E-state index in [-0.39, 0.29) is 16.7 Å². The highest BCUT2D eigenvalue weighted by Crippen LogP contribution is 2.55. The first-order valence-corrected chi connectivity index (χ1v) is 9.74. The number of rotatable bonds is 4. The Labute approximate surface area is 145 Å². The van der Waals surface area contributed by atoms with E-state index in [1.165, 1.54) is 37.1 Å². The minimum atomic E-state index is -0.867. The lowest BCUT2D eigenvalue weighted by Gasteiger charge is -2.57. The summed E-state index contributed by atoms with van der Waals surface area (Å²) in [4.78, 5) is 13.3. The highest BCUT2D eigenvalue weighted by atomic mass is 32.2. The van der Waals surface area contributed by atoms with Crippen molar-refractivity contribution in [2.24, 2.45) is 17.8 Å². The standard InChI is InChI=1S/C19H23F2NOS/c1-11(24-15-2-3-16(20)17(21)7-15)18(23)22-19-8-12-4-13(9-19)6-14(5-12)10-19/h2-3,7,11-14H,4-6,8-10H2,1H3,(H,22,23)/t11-,12?,13?,14?,19?/m1/s1. The summed E-state index contributed by atoms with van der Waals surface area (Å²) in [5.41, 5.74) is -0.00526. The normalized spacial score (nSPS) is 35.0. The van der Waals surface area contributed by atoms with E-state index in [2.05, 4.69) is 5.32 Å². The third kappa shape index (κ3) is 3.07. The number of carbonyl (C=O) groups excluding carboxylic acids is 1. The number of hydrogen-bond acceptors (Lipinski definition) is 2. The molecule has 0 unspecified atom stereocenters. The fourth-order valence-electron chi connectivity index (χ4n) is 5.43. The monoisotopic (exact) mass is 351 g/mol. The van der Waals surface area contributed by atoms with Gasteiger partial charge in [0.25, 0.3) is 0 Å². The maximum atomic E-state index is 13.3. The summed E-state index contributed by atoms with van der Waals surface area (Å²) in [5.74, 6) is 0.646. The van der Waals surface area contributed by atoms with Gasteiger partial charge in [-0.2, -0.15) is 0 Å². The van der Waals surface area contributed by atoms with Gasteiger partial charge in [-0.15, -0.1) is 11.8 Å². The van der Waals surface area contributed by atoms with Crippen molar-refractivity contribution in [1.82, 2.24) is 5.32 Å². The predicted octanol–water partition coefficient (Wildman–Crippen LogP) is 4.53. The third-order valence-electron chi connectivity index (χ3n) is 6.00. The van der Waals surface area contributed by atoms with Crippen LogP contribution in [0, 0.1) is 29.4 Å². The lowest BCUT2D eigenvalue weighted by Crippen LogP contribution is -2.60. The molecule has 1 aromatic rings. The smallest absolute Gasteiger partial charge is 0.233 e. The van der Waals surface area contributed by atoms with Crippen LogP contribution in [-0.4, -0.2) is 16.7 Å². The first-order chi connectivity index (χ1) is 11.4. The van der Waals surface area contributed by atoms with Gasteiger partial charge in [-0.3, -0.25) is 4.79 Å². The summed E-state index contributed by atoms with van der Waals surface area (Å²) in [5, 5.41) is 3.03.